The van der Waals surface area contributed by atoms with E-state index in [1.54, 1.807) is 6.21 Å². The zero-order valence-corrected chi connectivity index (χ0v) is 13.3. The second kappa shape index (κ2) is 6.04. The van der Waals surface area contributed by atoms with Gasteiger partial charge in [-0.1, -0.05) is 45.0 Å². The molecule has 0 atom stereocenters. The third kappa shape index (κ3) is 4.38. The highest BCUT2D eigenvalue weighted by molar-refractivity contribution is 5.80. The summed E-state index contributed by atoms with van der Waals surface area (Å²) in [5.41, 5.74) is 7.24. The monoisotopic (exact) mass is 282 g/mol. The van der Waals surface area contributed by atoms with Gasteiger partial charge >= 0.3 is 0 Å². The maximum Gasteiger partial charge on any atom is 0.243 e. The Bertz CT molecular complexity index is 617. The summed E-state index contributed by atoms with van der Waals surface area (Å²) < 4.78 is 0. The van der Waals surface area contributed by atoms with E-state index in [0.29, 0.717) is 5.95 Å². The molecule has 0 fully saturated rings. The van der Waals surface area contributed by atoms with Crippen LogP contribution in [0, 0.1) is 13.8 Å². The van der Waals surface area contributed by atoms with Crippen LogP contribution >= 0.6 is 0 Å². The minimum absolute atomic E-state index is 0.168. The third-order valence-electron chi connectivity index (χ3n) is 3.14. The van der Waals surface area contributed by atoms with Crippen molar-refractivity contribution in [1.82, 2.24) is 9.97 Å². The number of nitrogens with zero attached hydrogens (tertiary/aromatic N) is 3. The van der Waals surface area contributed by atoms with Crippen LogP contribution in [-0.4, -0.2) is 16.2 Å². The molecule has 0 aliphatic rings. The minimum atomic E-state index is 0.168. The normalized spacial score (nSPS) is 11.9. The van der Waals surface area contributed by atoms with Gasteiger partial charge in [-0.15, -0.1) is 0 Å². The van der Waals surface area contributed by atoms with E-state index < -0.39 is 0 Å². The van der Waals surface area contributed by atoms with Crippen LogP contribution in [0.1, 0.15) is 43.3 Å². The number of anilines is 1. The van der Waals surface area contributed by atoms with Gasteiger partial charge in [0.2, 0.25) is 5.95 Å². The Morgan fingerprint density at radius 3 is 2.10 bits per heavy atom. The second-order valence-corrected chi connectivity index (χ2v) is 6.22. The van der Waals surface area contributed by atoms with Gasteiger partial charge < -0.3 is 0 Å². The molecule has 4 heteroatoms. The number of hydrazone groups is 1. The molecule has 0 saturated carbocycles. The standard InChI is InChI=1S/C17H22N4/c1-12-10-13(2)20-16(19-12)21-18-11-14-6-8-15(9-7-14)17(3,4)5/h6-11H,1-5H3,(H,19,20,21)/b18-11+. The molecule has 1 heterocycles. The Labute approximate surface area is 126 Å². The van der Waals surface area contributed by atoms with E-state index >= 15 is 0 Å². The lowest BCUT2D eigenvalue weighted by atomic mass is 9.87. The zero-order valence-electron chi connectivity index (χ0n) is 13.3. The maximum absolute atomic E-state index is 4.28. The molecule has 0 aliphatic heterocycles. The summed E-state index contributed by atoms with van der Waals surface area (Å²) in [6.07, 6.45) is 1.77. The molecule has 1 aromatic carbocycles. The number of benzene rings is 1. The lowest BCUT2D eigenvalue weighted by molar-refractivity contribution is 0.590. The van der Waals surface area contributed by atoms with Gasteiger partial charge in [0.15, 0.2) is 0 Å². The minimum Gasteiger partial charge on any atom is -0.245 e. The average Bonchev–Trinajstić information content (AvgIpc) is 2.37. The number of rotatable bonds is 3. The summed E-state index contributed by atoms with van der Waals surface area (Å²) in [5, 5.41) is 4.19. The van der Waals surface area contributed by atoms with Crippen molar-refractivity contribution in [2.24, 2.45) is 5.10 Å². The Kier molecular flexibility index (Phi) is 4.36. The van der Waals surface area contributed by atoms with Crippen molar-refractivity contribution in [3.63, 3.8) is 0 Å². The van der Waals surface area contributed by atoms with Gasteiger partial charge in [-0.25, -0.2) is 15.4 Å². The van der Waals surface area contributed by atoms with Gasteiger partial charge in [0.1, 0.15) is 0 Å². The molecule has 2 rings (SSSR count). The molecule has 110 valence electrons. The molecule has 4 nitrogen and oxygen atoms in total. The first kappa shape index (κ1) is 15.2. The molecular weight excluding hydrogens is 260 g/mol. The van der Waals surface area contributed by atoms with Crippen molar-refractivity contribution in [2.45, 2.75) is 40.0 Å². The molecule has 0 spiro atoms. The van der Waals surface area contributed by atoms with E-state index in [4.69, 9.17) is 0 Å². The van der Waals surface area contributed by atoms with Crippen molar-refractivity contribution in [3.05, 3.63) is 52.8 Å². The Morgan fingerprint density at radius 1 is 1.00 bits per heavy atom. The van der Waals surface area contributed by atoms with Crippen LogP contribution in [0.15, 0.2) is 35.4 Å². The lowest BCUT2D eigenvalue weighted by Crippen LogP contribution is -2.10. The number of hydrogen-bond acceptors (Lipinski definition) is 4. The predicted octanol–water partition coefficient (Wildman–Crippen LogP) is 3.84. The van der Waals surface area contributed by atoms with Gasteiger partial charge in [0.25, 0.3) is 0 Å². The molecule has 1 aromatic heterocycles. The van der Waals surface area contributed by atoms with Gasteiger partial charge in [-0.2, -0.15) is 5.10 Å². The van der Waals surface area contributed by atoms with Gasteiger partial charge in [0, 0.05) is 11.4 Å². The Hall–Kier alpha value is -2.23. The number of hydrogen-bond donors (Lipinski definition) is 1. The van der Waals surface area contributed by atoms with Crippen LogP contribution in [0.3, 0.4) is 0 Å². The molecule has 0 bridgehead atoms. The molecule has 0 aliphatic carbocycles. The summed E-state index contributed by atoms with van der Waals surface area (Å²) in [4.78, 5) is 8.55. The van der Waals surface area contributed by atoms with Crippen molar-refractivity contribution in [1.29, 1.82) is 0 Å². The summed E-state index contributed by atoms with van der Waals surface area (Å²) in [6.45, 7) is 10.5. The van der Waals surface area contributed by atoms with Crippen LogP contribution in [-0.2, 0) is 5.41 Å². The van der Waals surface area contributed by atoms with E-state index in [-0.39, 0.29) is 5.41 Å². The third-order valence-corrected chi connectivity index (χ3v) is 3.14. The Morgan fingerprint density at radius 2 is 1.57 bits per heavy atom. The zero-order chi connectivity index (χ0) is 15.5. The van der Waals surface area contributed by atoms with Gasteiger partial charge in [0.05, 0.1) is 6.21 Å². The van der Waals surface area contributed by atoms with E-state index in [1.165, 1.54) is 5.56 Å². The van der Waals surface area contributed by atoms with E-state index in [2.05, 4.69) is 65.5 Å². The average molecular weight is 282 g/mol. The highest BCUT2D eigenvalue weighted by Crippen LogP contribution is 2.21. The van der Waals surface area contributed by atoms with Gasteiger partial charge in [-0.05, 0) is 36.5 Å². The van der Waals surface area contributed by atoms with Crippen LogP contribution in [0.4, 0.5) is 5.95 Å². The fraction of sp³-hybridized carbons (Fsp3) is 0.353. The fourth-order valence-electron chi connectivity index (χ4n) is 2.01. The second-order valence-electron chi connectivity index (χ2n) is 6.22. The molecular formula is C17H22N4. The summed E-state index contributed by atoms with van der Waals surface area (Å²) in [5.74, 6) is 0.523. The first-order valence-corrected chi connectivity index (χ1v) is 7.06. The first-order chi connectivity index (χ1) is 9.84. The van der Waals surface area contributed by atoms with E-state index in [1.807, 2.05) is 19.9 Å². The highest BCUT2D eigenvalue weighted by atomic mass is 15.3. The molecule has 0 unspecified atom stereocenters. The lowest BCUT2D eigenvalue weighted by Gasteiger charge is -2.18. The molecule has 0 saturated heterocycles. The predicted molar refractivity (Wildman–Crippen MR) is 87.9 cm³/mol. The van der Waals surface area contributed by atoms with Gasteiger partial charge in [-0.3, -0.25) is 0 Å². The Balaban J connectivity index is 2.04. The number of nitrogens with one attached hydrogen (secondary N) is 1. The van der Waals surface area contributed by atoms with Crippen molar-refractivity contribution >= 4 is 12.2 Å². The quantitative estimate of drug-likeness (QED) is 0.687. The van der Waals surface area contributed by atoms with Crippen LogP contribution < -0.4 is 5.43 Å². The molecule has 1 N–H and O–H groups in total. The molecule has 21 heavy (non-hydrogen) atoms. The smallest absolute Gasteiger partial charge is 0.243 e. The summed E-state index contributed by atoms with van der Waals surface area (Å²) in [7, 11) is 0. The highest BCUT2D eigenvalue weighted by Gasteiger charge is 2.12. The van der Waals surface area contributed by atoms with Crippen LogP contribution in [0.25, 0.3) is 0 Å². The SMILES string of the molecule is Cc1cc(C)nc(N/N=C/c2ccc(C(C)(C)C)cc2)n1. The van der Waals surface area contributed by atoms with Crippen molar-refractivity contribution < 1.29 is 0 Å². The van der Waals surface area contributed by atoms with Crippen LogP contribution in [0.2, 0.25) is 0 Å². The van der Waals surface area contributed by atoms with Crippen molar-refractivity contribution in [3.8, 4) is 0 Å². The number of aromatic nitrogens is 2. The molecule has 0 amide bonds. The van der Waals surface area contributed by atoms with Crippen molar-refractivity contribution in [2.75, 3.05) is 5.43 Å². The largest absolute Gasteiger partial charge is 0.245 e. The van der Waals surface area contributed by atoms with Crippen LogP contribution in [0.5, 0.6) is 0 Å². The maximum atomic E-state index is 4.28. The topological polar surface area (TPSA) is 50.2 Å². The van der Waals surface area contributed by atoms with E-state index in [0.717, 1.165) is 17.0 Å². The summed E-state index contributed by atoms with van der Waals surface area (Å²) >= 11 is 0. The molecule has 0 radical (unpaired) electrons. The number of aryl methyl sites for hydroxylation is 2. The first-order valence-electron chi connectivity index (χ1n) is 7.06. The fourth-order valence-corrected chi connectivity index (χ4v) is 2.01. The van der Waals surface area contributed by atoms with E-state index in [9.17, 15) is 0 Å². The molecule has 2 aromatic rings. The summed E-state index contributed by atoms with van der Waals surface area (Å²) in [6, 6.07) is 10.3.